The van der Waals surface area contributed by atoms with Gasteiger partial charge in [-0.25, -0.2) is 15.4 Å². The summed E-state index contributed by atoms with van der Waals surface area (Å²) in [6.07, 6.45) is 5.41. The summed E-state index contributed by atoms with van der Waals surface area (Å²) < 4.78 is 0. The third-order valence-corrected chi connectivity index (χ3v) is 6.56. The lowest BCUT2D eigenvalue weighted by atomic mass is 9.85. The molecule has 2 aliphatic rings. The molecule has 2 bridgehead atoms. The van der Waals surface area contributed by atoms with Gasteiger partial charge in [-0.1, -0.05) is 12.1 Å². The topological polar surface area (TPSA) is 104 Å². The number of H-pyrrole nitrogens is 1. The third-order valence-electron chi connectivity index (χ3n) is 6.56. The lowest BCUT2D eigenvalue weighted by Gasteiger charge is -2.21. The fourth-order valence-corrected chi connectivity index (χ4v) is 5.33. The van der Waals surface area contributed by atoms with E-state index in [2.05, 4.69) is 15.2 Å². The molecule has 1 aromatic carbocycles. The zero-order valence-corrected chi connectivity index (χ0v) is 15.9. The molecule has 7 heteroatoms. The van der Waals surface area contributed by atoms with Gasteiger partial charge in [-0.05, 0) is 61.3 Å². The Kier molecular flexibility index (Phi) is 3.35. The molecule has 29 heavy (non-hydrogen) atoms. The normalized spacial score (nSPS) is 19.8. The highest BCUT2D eigenvalue weighted by Crippen LogP contribution is 2.57. The van der Waals surface area contributed by atoms with Crippen molar-refractivity contribution in [1.29, 1.82) is 0 Å². The number of nitrogens with one attached hydrogen (secondary N) is 2. The predicted molar refractivity (Wildman–Crippen MR) is 108 cm³/mol. The van der Waals surface area contributed by atoms with E-state index in [1.165, 1.54) is 35.8 Å². The first kappa shape index (κ1) is 16.6. The Morgan fingerprint density at radius 1 is 1.14 bits per heavy atom. The van der Waals surface area contributed by atoms with Gasteiger partial charge in [0.15, 0.2) is 5.65 Å². The summed E-state index contributed by atoms with van der Waals surface area (Å²) in [7, 11) is 0. The second-order valence-electron chi connectivity index (χ2n) is 8.08. The van der Waals surface area contributed by atoms with Gasteiger partial charge in [0.1, 0.15) is 0 Å². The molecule has 7 nitrogen and oxygen atoms in total. The van der Waals surface area contributed by atoms with Gasteiger partial charge in [0.05, 0.1) is 22.8 Å². The fourth-order valence-electron chi connectivity index (χ4n) is 5.33. The number of amides is 1. The lowest BCUT2D eigenvalue weighted by molar-refractivity contribution is 0.0706. The van der Waals surface area contributed by atoms with Crippen LogP contribution in [0.1, 0.15) is 58.3 Å². The second-order valence-corrected chi connectivity index (χ2v) is 8.08. The van der Waals surface area contributed by atoms with Crippen molar-refractivity contribution >= 4 is 27.8 Å². The number of aryl methyl sites for hydroxylation is 1. The molecule has 0 spiro atoms. The Hall–Kier alpha value is -3.32. The molecule has 144 valence electrons. The van der Waals surface area contributed by atoms with Crippen molar-refractivity contribution in [3.8, 4) is 11.3 Å². The number of carbonyl (C=O) groups is 1. The van der Waals surface area contributed by atoms with Gasteiger partial charge in [-0.2, -0.15) is 5.10 Å². The maximum atomic E-state index is 11.7. The highest BCUT2D eigenvalue weighted by molar-refractivity contribution is 6.08. The Morgan fingerprint density at radius 3 is 2.66 bits per heavy atom. The summed E-state index contributed by atoms with van der Waals surface area (Å²) in [6, 6.07) is 7.24. The van der Waals surface area contributed by atoms with Gasteiger partial charge >= 0.3 is 0 Å². The van der Waals surface area contributed by atoms with Gasteiger partial charge in [0.2, 0.25) is 0 Å². The lowest BCUT2D eigenvalue weighted by Crippen LogP contribution is -2.18. The molecule has 1 fully saturated rings. The van der Waals surface area contributed by atoms with Crippen LogP contribution < -0.4 is 5.48 Å². The summed E-state index contributed by atoms with van der Waals surface area (Å²) in [6.45, 7) is 2.04. The molecule has 3 N–H and O–H groups in total. The number of benzene rings is 1. The van der Waals surface area contributed by atoms with Crippen molar-refractivity contribution in [3.05, 3.63) is 52.8 Å². The molecular formula is C22H19N5O2. The van der Waals surface area contributed by atoms with Crippen molar-refractivity contribution < 1.29 is 10.0 Å². The number of hydrogen-bond acceptors (Lipinski definition) is 5. The summed E-state index contributed by atoms with van der Waals surface area (Å²) in [5.41, 5.74) is 9.47. The summed E-state index contributed by atoms with van der Waals surface area (Å²) in [5, 5.41) is 18.6. The van der Waals surface area contributed by atoms with E-state index in [4.69, 9.17) is 10.2 Å². The van der Waals surface area contributed by atoms with Crippen molar-refractivity contribution in [2.75, 3.05) is 0 Å². The van der Waals surface area contributed by atoms with Crippen LogP contribution in [0.15, 0.2) is 30.5 Å². The van der Waals surface area contributed by atoms with E-state index in [9.17, 15) is 4.79 Å². The predicted octanol–water partition coefficient (Wildman–Crippen LogP) is 3.97. The molecule has 0 saturated heterocycles. The van der Waals surface area contributed by atoms with Crippen LogP contribution in [0.4, 0.5) is 0 Å². The number of pyridine rings is 2. The minimum Gasteiger partial charge on any atom is -0.288 e. The quantitative estimate of drug-likeness (QED) is 0.358. The van der Waals surface area contributed by atoms with Crippen molar-refractivity contribution in [1.82, 2.24) is 25.6 Å². The Morgan fingerprint density at radius 2 is 1.90 bits per heavy atom. The maximum absolute atomic E-state index is 11.7. The zero-order chi connectivity index (χ0) is 19.7. The number of rotatable bonds is 2. The Bertz CT molecular complexity index is 1310. The molecule has 2 unspecified atom stereocenters. The number of hydrogen-bond donors (Lipinski definition) is 3. The number of aromatic amines is 1. The molecule has 1 amide bonds. The van der Waals surface area contributed by atoms with Gasteiger partial charge in [0.25, 0.3) is 5.91 Å². The molecule has 4 aromatic rings. The number of carbonyl (C=O) groups excluding carboxylic acids is 1. The number of fused-ring (bicyclic) bond motifs is 9. The van der Waals surface area contributed by atoms with Gasteiger partial charge in [-0.3, -0.25) is 15.1 Å². The van der Waals surface area contributed by atoms with Crippen LogP contribution in [0.2, 0.25) is 0 Å². The average Bonchev–Trinajstić information content (AvgIpc) is 3.48. The van der Waals surface area contributed by atoms with Crippen LogP contribution in [-0.2, 0) is 0 Å². The van der Waals surface area contributed by atoms with Crippen molar-refractivity contribution in [2.24, 2.45) is 0 Å². The van der Waals surface area contributed by atoms with Crippen LogP contribution in [-0.4, -0.2) is 31.3 Å². The Labute approximate surface area is 166 Å². The number of nitrogens with zero attached hydrogens (tertiary/aromatic N) is 3. The second kappa shape index (κ2) is 5.84. The summed E-state index contributed by atoms with van der Waals surface area (Å²) >= 11 is 0. The van der Waals surface area contributed by atoms with Crippen molar-refractivity contribution in [2.45, 2.75) is 38.0 Å². The van der Waals surface area contributed by atoms with E-state index in [1.807, 2.05) is 25.3 Å². The first-order valence-electron chi connectivity index (χ1n) is 9.87. The van der Waals surface area contributed by atoms with Gasteiger partial charge < -0.3 is 0 Å². The minimum atomic E-state index is -0.519. The van der Waals surface area contributed by atoms with Crippen LogP contribution in [0.5, 0.6) is 0 Å². The third kappa shape index (κ3) is 2.22. The summed E-state index contributed by atoms with van der Waals surface area (Å²) in [5.74, 6) is 0.561. The van der Waals surface area contributed by atoms with Crippen LogP contribution in [0.3, 0.4) is 0 Å². The maximum Gasteiger partial charge on any atom is 0.274 e. The molecule has 0 radical (unpaired) electrons. The van der Waals surface area contributed by atoms with E-state index in [1.54, 1.807) is 17.6 Å². The van der Waals surface area contributed by atoms with E-state index in [-0.39, 0.29) is 0 Å². The minimum absolute atomic E-state index is 0.410. The van der Waals surface area contributed by atoms with Crippen molar-refractivity contribution in [3.63, 3.8) is 0 Å². The molecule has 3 heterocycles. The van der Waals surface area contributed by atoms with Gasteiger partial charge in [0, 0.05) is 22.2 Å². The standard InChI is InChI=1S/C22H19N5O2/c1-10-16-19-15(9-23-21(16)26-25-10)24-20(18-14-7-6-13(8-14)17(18)19)11-2-4-12(5-3-11)22(28)27-29/h2-5,9,13-14,29H,6-8H2,1H3,(H,27,28)(H,23,25,26). The molecule has 6 rings (SSSR count). The van der Waals surface area contributed by atoms with Crippen LogP contribution in [0, 0.1) is 6.92 Å². The average molecular weight is 385 g/mol. The number of aromatic nitrogens is 4. The first-order chi connectivity index (χ1) is 14.2. The van der Waals surface area contributed by atoms with E-state index in [0.29, 0.717) is 17.4 Å². The SMILES string of the molecule is Cc1[nH]nc2ncc3nc(-c4ccc(C(=O)NO)cc4)c4c(c3c12)C1CCC4C1. The molecule has 1 saturated carbocycles. The van der Waals surface area contributed by atoms with Crippen LogP contribution in [0.25, 0.3) is 33.2 Å². The number of hydroxylamine groups is 1. The zero-order valence-electron chi connectivity index (χ0n) is 15.9. The smallest absolute Gasteiger partial charge is 0.274 e. The Balaban J connectivity index is 1.65. The molecular weight excluding hydrogens is 366 g/mol. The monoisotopic (exact) mass is 385 g/mol. The molecule has 2 aliphatic carbocycles. The first-order valence-corrected chi connectivity index (χ1v) is 9.87. The van der Waals surface area contributed by atoms with E-state index >= 15 is 0 Å². The molecule has 0 aliphatic heterocycles. The van der Waals surface area contributed by atoms with Crippen LogP contribution >= 0.6 is 0 Å². The fraction of sp³-hybridized carbons (Fsp3) is 0.273. The highest BCUT2D eigenvalue weighted by atomic mass is 16.5. The highest BCUT2D eigenvalue weighted by Gasteiger charge is 2.41. The van der Waals surface area contributed by atoms with E-state index in [0.717, 1.165) is 33.5 Å². The molecule has 3 aromatic heterocycles. The van der Waals surface area contributed by atoms with E-state index < -0.39 is 5.91 Å². The summed E-state index contributed by atoms with van der Waals surface area (Å²) in [4.78, 5) is 21.2. The van der Waals surface area contributed by atoms with Gasteiger partial charge in [-0.15, -0.1) is 0 Å². The molecule has 2 atom stereocenters. The largest absolute Gasteiger partial charge is 0.288 e.